The van der Waals surface area contributed by atoms with Gasteiger partial charge in [-0.3, -0.25) is 33.6 Å². The number of ether oxygens (including phenoxy) is 6. The summed E-state index contributed by atoms with van der Waals surface area (Å²) >= 11 is 0. The third-order valence-corrected chi connectivity index (χ3v) is 12.2. The molecule has 0 unspecified atom stereocenters. The van der Waals surface area contributed by atoms with Crippen molar-refractivity contribution in [3.05, 3.63) is 0 Å². The van der Waals surface area contributed by atoms with Crippen molar-refractivity contribution in [3.8, 4) is 0 Å². The molecule has 0 saturated heterocycles. The second-order valence-corrected chi connectivity index (χ2v) is 18.8. The van der Waals surface area contributed by atoms with E-state index in [9.17, 15) is 43.5 Å². The van der Waals surface area contributed by atoms with Crippen LogP contribution in [-0.2, 0) is 66.8 Å². The molecule has 1 rings (SSSR count). The van der Waals surface area contributed by atoms with E-state index in [1.54, 1.807) is 0 Å². The van der Waals surface area contributed by atoms with Crippen LogP contribution < -0.4 is 26.6 Å². The SMILES string of the molecule is CC(=O)COCCOCCNC(=O)COCCOCCNC(=O)COCCOCCNC(=O)CC[C@H](NC(=O)C1CCC(CNC(=O)CCCCCCCCCCCCCCCCCCC(=O)O)CC1)C(=O)O. The van der Waals surface area contributed by atoms with Gasteiger partial charge in [0.1, 0.15) is 25.9 Å². The molecule has 7 N–H and O–H groups in total. The largest absolute Gasteiger partial charge is 0.481 e. The Morgan fingerprint density at radius 3 is 1.25 bits per heavy atom. The summed E-state index contributed by atoms with van der Waals surface area (Å²) < 4.78 is 31.7. The van der Waals surface area contributed by atoms with Gasteiger partial charge in [-0.15, -0.1) is 0 Å². The summed E-state index contributed by atoms with van der Waals surface area (Å²) in [6.45, 7) is 4.67. The lowest BCUT2D eigenvalue weighted by atomic mass is 9.81. The molecule has 0 aromatic heterocycles. The fourth-order valence-electron chi connectivity index (χ4n) is 8.02. The number of nitrogens with one attached hydrogen (secondary N) is 5. The predicted octanol–water partition coefficient (Wildman–Crippen LogP) is 4.40. The lowest BCUT2D eigenvalue weighted by Crippen LogP contribution is -2.45. The summed E-state index contributed by atoms with van der Waals surface area (Å²) in [6, 6.07) is -1.19. The van der Waals surface area contributed by atoms with Crippen LogP contribution in [0.15, 0.2) is 0 Å². The zero-order valence-corrected chi connectivity index (χ0v) is 44.1. The molecular weight excluding hydrogens is 951 g/mol. The van der Waals surface area contributed by atoms with E-state index in [0.717, 1.165) is 51.4 Å². The number of Topliss-reactive ketones (excluding diaryl/α,β-unsaturated/α-hetero) is 1. The summed E-state index contributed by atoms with van der Waals surface area (Å²) in [5.74, 6) is -3.25. The molecule has 422 valence electrons. The highest BCUT2D eigenvalue weighted by Gasteiger charge is 2.30. The number of rotatable bonds is 51. The molecule has 73 heavy (non-hydrogen) atoms. The first-order chi connectivity index (χ1) is 35.4. The van der Waals surface area contributed by atoms with Crippen molar-refractivity contribution in [2.24, 2.45) is 11.8 Å². The number of aliphatic carboxylic acids is 2. The molecule has 0 heterocycles. The van der Waals surface area contributed by atoms with Gasteiger partial charge >= 0.3 is 11.9 Å². The van der Waals surface area contributed by atoms with E-state index in [4.69, 9.17) is 33.5 Å². The van der Waals surface area contributed by atoms with E-state index in [0.29, 0.717) is 52.2 Å². The predicted molar refractivity (Wildman–Crippen MR) is 273 cm³/mol. The maximum Gasteiger partial charge on any atom is 0.326 e. The van der Waals surface area contributed by atoms with Crippen molar-refractivity contribution in [1.29, 1.82) is 0 Å². The van der Waals surface area contributed by atoms with Crippen LogP contribution in [0.1, 0.15) is 161 Å². The van der Waals surface area contributed by atoms with E-state index in [1.165, 1.54) is 71.1 Å². The molecule has 0 spiro atoms. The molecular formula is C52H93N5O16. The number of carboxylic acids is 2. The lowest BCUT2D eigenvalue weighted by molar-refractivity contribution is -0.143. The summed E-state index contributed by atoms with van der Waals surface area (Å²) in [5.41, 5.74) is 0. The van der Waals surface area contributed by atoms with Gasteiger partial charge in [0.25, 0.3) is 0 Å². The third kappa shape index (κ3) is 43.8. The Labute approximate surface area is 434 Å². The number of hydrogen-bond donors (Lipinski definition) is 7. The minimum atomic E-state index is -1.20. The van der Waals surface area contributed by atoms with Gasteiger partial charge in [0.05, 0.1) is 59.5 Å². The zero-order valence-electron chi connectivity index (χ0n) is 44.1. The fourth-order valence-corrected chi connectivity index (χ4v) is 8.02. The minimum Gasteiger partial charge on any atom is -0.481 e. The molecule has 1 aliphatic rings. The van der Waals surface area contributed by atoms with Gasteiger partial charge in [-0.05, 0) is 57.8 Å². The van der Waals surface area contributed by atoms with Crippen LogP contribution in [0.25, 0.3) is 0 Å². The number of carboxylic acid groups (broad SMARTS) is 2. The fraction of sp³-hybridized carbons (Fsp3) is 0.846. The molecule has 1 aliphatic carbocycles. The second-order valence-electron chi connectivity index (χ2n) is 18.8. The second kappa shape index (κ2) is 47.4. The number of amides is 5. The van der Waals surface area contributed by atoms with E-state index in [2.05, 4.69) is 26.6 Å². The molecule has 5 amide bonds. The van der Waals surface area contributed by atoms with Crippen molar-refractivity contribution in [3.63, 3.8) is 0 Å². The standard InChI is InChI=1S/C52H93N5O16/c1-42(58)39-71-35-32-69-30-27-54-48(61)41-73-37-34-70-31-28-55-49(62)40-72-36-33-68-29-26-53-47(60)25-24-45(52(66)67)57-51(65)44-22-20-43(21-23-44)38-56-46(59)18-16-14-12-10-8-6-4-2-3-5-7-9-11-13-15-17-19-50(63)64/h43-45H,2-41H2,1H3,(H,53,60)(H,54,61)(H,55,62)(H,56,59)(H,57,65)(H,63,64)(H,66,67)/t43?,44?,45-/m0/s1. The Hall–Kier alpha value is -4.28. The van der Waals surface area contributed by atoms with Crippen LogP contribution in [0, 0.1) is 11.8 Å². The highest BCUT2D eigenvalue weighted by atomic mass is 16.5. The molecule has 0 radical (unpaired) electrons. The maximum absolute atomic E-state index is 13.0. The van der Waals surface area contributed by atoms with Crippen LogP contribution in [0.2, 0.25) is 0 Å². The lowest BCUT2D eigenvalue weighted by Gasteiger charge is -2.28. The van der Waals surface area contributed by atoms with Crippen molar-refractivity contribution >= 4 is 47.3 Å². The van der Waals surface area contributed by atoms with E-state index < -0.39 is 18.0 Å². The van der Waals surface area contributed by atoms with Crippen molar-refractivity contribution in [1.82, 2.24) is 26.6 Å². The number of carbonyl (C=O) groups excluding carboxylic acids is 6. The van der Waals surface area contributed by atoms with Gasteiger partial charge in [0.15, 0.2) is 5.78 Å². The zero-order chi connectivity index (χ0) is 53.4. The minimum absolute atomic E-state index is 0.0526. The molecule has 1 saturated carbocycles. The molecule has 0 aromatic rings. The van der Waals surface area contributed by atoms with Crippen molar-refractivity contribution < 1.29 is 77.0 Å². The highest BCUT2D eigenvalue weighted by molar-refractivity contribution is 5.86. The third-order valence-electron chi connectivity index (χ3n) is 12.2. The molecule has 0 bridgehead atoms. The normalized spacial score (nSPS) is 14.8. The number of ketones is 1. The Kier molecular flexibility index (Phi) is 43.4. The molecule has 0 aliphatic heterocycles. The number of unbranched alkanes of at least 4 members (excludes halogenated alkanes) is 15. The van der Waals surface area contributed by atoms with E-state index in [1.807, 2.05) is 0 Å². The van der Waals surface area contributed by atoms with Gasteiger partial charge in [-0.25, -0.2) is 4.79 Å². The molecule has 21 heteroatoms. The molecule has 21 nitrogen and oxygen atoms in total. The maximum atomic E-state index is 13.0. The van der Waals surface area contributed by atoms with Gasteiger partial charge in [-0.2, -0.15) is 0 Å². The molecule has 1 atom stereocenters. The van der Waals surface area contributed by atoms with Crippen LogP contribution in [0.4, 0.5) is 0 Å². The smallest absolute Gasteiger partial charge is 0.326 e. The van der Waals surface area contributed by atoms with Gasteiger partial charge in [0.2, 0.25) is 29.5 Å². The molecule has 1 fully saturated rings. The van der Waals surface area contributed by atoms with Crippen LogP contribution in [0.3, 0.4) is 0 Å². The summed E-state index contributed by atoms with van der Waals surface area (Å²) in [6.07, 6.45) is 22.1. The first kappa shape index (κ1) is 66.7. The Morgan fingerprint density at radius 2 is 0.822 bits per heavy atom. The summed E-state index contributed by atoms with van der Waals surface area (Å²) in [4.78, 5) is 94.7. The van der Waals surface area contributed by atoms with Gasteiger partial charge < -0.3 is 65.2 Å². The van der Waals surface area contributed by atoms with Gasteiger partial charge in [-0.1, -0.05) is 89.9 Å². The monoisotopic (exact) mass is 1040 g/mol. The van der Waals surface area contributed by atoms with Crippen molar-refractivity contribution in [2.45, 2.75) is 167 Å². The summed E-state index contributed by atoms with van der Waals surface area (Å²) in [5, 5.41) is 32.1. The Morgan fingerprint density at radius 1 is 0.438 bits per heavy atom. The Balaban J connectivity index is 1.96. The number of hydrogen-bond acceptors (Lipinski definition) is 14. The number of carbonyl (C=O) groups is 8. The quantitative estimate of drug-likeness (QED) is 0.0416. The Bertz CT molecular complexity index is 1500. The average molecular weight is 1040 g/mol. The van der Waals surface area contributed by atoms with E-state index >= 15 is 0 Å². The van der Waals surface area contributed by atoms with Crippen molar-refractivity contribution in [2.75, 3.05) is 105 Å². The first-order valence-corrected chi connectivity index (χ1v) is 27.1. The van der Waals surface area contributed by atoms with Crippen LogP contribution in [-0.4, -0.2) is 169 Å². The first-order valence-electron chi connectivity index (χ1n) is 27.1. The molecule has 0 aromatic carbocycles. The van der Waals surface area contributed by atoms with E-state index in [-0.39, 0.29) is 139 Å². The summed E-state index contributed by atoms with van der Waals surface area (Å²) in [7, 11) is 0. The topological polar surface area (TPSA) is 293 Å². The van der Waals surface area contributed by atoms with Gasteiger partial charge in [0, 0.05) is 51.4 Å². The van der Waals surface area contributed by atoms with Crippen LogP contribution >= 0.6 is 0 Å². The average Bonchev–Trinajstić information content (AvgIpc) is 3.36. The van der Waals surface area contributed by atoms with Crippen LogP contribution in [0.5, 0.6) is 0 Å². The highest BCUT2D eigenvalue weighted by Crippen LogP contribution is 2.29.